The SMILES string of the molecule is CCCNc1nnc(C(=O)NCC2(C)CCCS2)s1. The summed E-state index contributed by atoms with van der Waals surface area (Å²) < 4.78 is 0.184. The summed E-state index contributed by atoms with van der Waals surface area (Å²) in [4.78, 5) is 12.0. The van der Waals surface area contributed by atoms with Crippen molar-refractivity contribution >= 4 is 34.1 Å². The summed E-state index contributed by atoms with van der Waals surface area (Å²) in [5.74, 6) is 1.08. The lowest BCUT2D eigenvalue weighted by atomic mass is 10.1. The summed E-state index contributed by atoms with van der Waals surface area (Å²) in [7, 11) is 0. The first-order valence-corrected chi connectivity index (χ1v) is 8.43. The highest BCUT2D eigenvalue weighted by Gasteiger charge is 2.30. The Balaban J connectivity index is 1.84. The Morgan fingerprint density at radius 1 is 1.47 bits per heavy atom. The van der Waals surface area contributed by atoms with E-state index in [9.17, 15) is 4.79 Å². The molecule has 0 radical (unpaired) electrons. The number of anilines is 1. The molecule has 1 aromatic rings. The monoisotopic (exact) mass is 300 g/mol. The highest BCUT2D eigenvalue weighted by molar-refractivity contribution is 8.00. The molecule has 0 aliphatic carbocycles. The summed E-state index contributed by atoms with van der Waals surface area (Å²) in [6.07, 6.45) is 3.43. The van der Waals surface area contributed by atoms with Gasteiger partial charge in [-0.25, -0.2) is 0 Å². The molecule has 2 heterocycles. The van der Waals surface area contributed by atoms with E-state index in [2.05, 4.69) is 34.7 Å². The van der Waals surface area contributed by atoms with E-state index in [4.69, 9.17) is 0 Å². The van der Waals surface area contributed by atoms with Gasteiger partial charge in [0.05, 0.1) is 0 Å². The molecule has 1 aliphatic heterocycles. The van der Waals surface area contributed by atoms with Gasteiger partial charge in [0.15, 0.2) is 0 Å². The predicted molar refractivity (Wildman–Crippen MR) is 81.1 cm³/mol. The van der Waals surface area contributed by atoms with Crippen molar-refractivity contribution in [2.24, 2.45) is 0 Å². The number of hydrogen-bond acceptors (Lipinski definition) is 6. The second-order valence-electron chi connectivity index (χ2n) is 4.92. The molecule has 5 nitrogen and oxygen atoms in total. The molecule has 19 heavy (non-hydrogen) atoms. The van der Waals surface area contributed by atoms with Crippen molar-refractivity contribution in [3.8, 4) is 0 Å². The Hall–Kier alpha value is -0.820. The summed E-state index contributed by atoms with van der Waals surface area (Å²) in [5.41, 5.74) is 0. The minimum Gasteiger partial charge on any atom is -0.360 e. The topological polar surface area (TPSA) is 66.9 Å². The van der Waals surface area contributed by atoms with E-state index in [1.165, 1.54) is 23.5 Å². The molecular weight excluding hydrogens is 280 g/mol. The molecule has 1 aromatic heterocycles. The van der Waals surface area contributed by atoms with Gasteiger partial charge in [0.25, 0.3) is 5.91 Å². The molecule has 0 bridgehead atoms. The molecule has 1 amide bonds. The summed E-state index contributed by atoms with van der Waals surface area (Å²) in [6.45, 7) is 5.85. The van der Waals surface area contributed by atoms with Crippen molar-refractivity contribution < 1.29 is 4.79 Å². The lowest BCUT2D eigenvalue weighted by Gasteiger charge is -2.22. The molecule has 0 aromatic carbocycles. The molecule has 1 aliphatic rings. The Bertz CT molecular complexity index is 429. The third-order valence-electron chi connectivity index (χ3n) is 3.07. The van der Waals surface area contributed by atoms with Crippen LogP contribution in [0, 0.1) is 0 Å². The van der Waals surface area contributed by atoms with Gasteiger partial charge in [0, 0.05) is 17.8 Å². The maximum atomic E-state index is 12.0. The minimum atomic E-state index is -0.115. The van der Waals surface area contributed by atoms with Crippen LogP contribution >= 0.6 is 23.1 Å². The third-order valence-corrected chi connectivity index (χ3v) is 5.49. The smallest absolute Gasteiger partial charge is 0.282 e. The number of nitrogens with one attached hydrogen (secondary N) is 2. The highest BCUT2D eigenvalue weighted by Crippen LogP contribution is 2.37. The van der Waals surface area contributed by atoms with Gasteiger partial charge in [-0.05, 0) is 31.9 Å². The quantitative estimate of drug-likeness (QED) is 0.844. The van der Waals surface area contributed by atoms with Crippen LogP contribution in [0.3, 0.4) is 0 Å². The fourth-order valence-electron chi connectivity index (χ4n) is 1.94. The van der Waals surface area contributed by atoms with E-state index in [0.717, 1.165) is 19.4 Å². The molecule has 2 N–H and O–H groups in total. The molecule has 106 valence electrons. The zero-order valence-electron chi connectivity index (χ0n) is 11.4. The molecule has 1 fully saturated rings. The van der Waals surface area contributed by atoms with E-state index < -0.39 is 0 Å². The molecule has 0 spiro atoms. The van der Waals surface area contributed by atoms with Gasteiger partial charge in [-0.2, -0.15) is 11.8 Å². The van der Waals surface area contributed by atoms with E-state index >= 15 is 0 Å². The number of hydrogen-bond donors (Lipinski definition) is 2. The first-order valence-electron chi connectivity index (χ1n) is 6.62. The van der Waals surface area contributed by atoms with Crippen LogP contribution < -0.4 is 10.6 Å². The van der Waals surface area contributed by atoms with Gasteiger partial charge < -0.3 is 10.6 Å². The van der Waals surface area contributed by atoms with Crippen molar-refractivity contribution in [1.82, 2.24) is 15.5 Å². The van der Waals surface area contributed by atoms with E-state index in [0.29, 0.717) is 16.7 Å². The highest BCUT2D eigenvalue weighted by atomic mass is 32.2. The summed E-state index contributed by atoms with van der Waals surface area (Å²) >= 11 is 3.25. The van der Waals surface area contributed by atoms with Gasteiger partial charge in [-0.3, -0.25) is 4.79 Å². The normalized spacial score (nSPS) is 22.4. The van der Waals surface area contributed by atoms with Crippen molar-refractivity contribution in [3.63, 3.8) is 0 Å². The van der Waals surface area contributed by atoms with Gasteiger partial charge in [-0.1, -0.05) is 18.3 Å². The van der Waals surface area contributed by atoms with Gasteiger partial charge >= 0.3 is 0 Å². The summed E-state index contributed by atoms with van der Waals surface area (Å²) in [5, 5.41) is 15.1. The Labute approximate surface area is 122 Å². The Morgan fingerprint density at radius 2 is 2.32 bits per heavy atom. The van der Waals surface area contributed by atoms with Crippen molar-refractivity contribution in [1.29, 1.82) is 0 Å². The lowest BCUT2D eigenvalue weighted by molar-refractivity contribution is 0.0949. The zero-order valence-corrected chi connectivity index (χ0v) is 13.0. The van der Waals surface area contributed by atoms with Crippen LogP contribution in [-0.4, -0.2) is 39.7 Å². The van der Waals surface area contributed by atoms with Crippen molar-refractivity contribution in [2.75, 3.05) is 24.2 Å². The number of carbonyl (C=O) groups is 1. The Morgan fingerprint density at radius 3 is 3.00 bits per heavy atom. The maximum absolute atomic E-state index is 12.0. The van der Waals surface area contributed by atoms with Crippen LogP contribution in [0.25, 0.3) is 0 Å². The van der Waals surface area contributed by atoms with Crippen molar-refractivity contribution in [2.45, 2.75) is 37.9 Å². The van der Waals surface area contributed by atoms with Gasteiger partial charge in [0.2, 0.25) is 10.1 Å². The van der Waals surface area contributed by atoms with E-state index in [-0.39, 0.29) is 10.7 Å². The number of thioether (sulfide) groups is 1. The fraction of sp³-hybridized carbons (Fsp3) is 0.750. The minimum absolute atomic E-state index is 0.115. The second kappa shape index (κ2) is 6.56. The molecule has 7 heteroatoms. The molecule has 1 unspecified atom stereocenters. The van der Waals surface area contributed by atoms with Crippen LogP contribution in [-0.2, 0) is 0 Å². The predicted octanol–water partition coefficient (Wildman–Crippen LogP) is 2.38. The lowest BCUT2D eigenvalue weighted by Crippen LogP contribution is -2.36. The molecule has 2 rings (SSSR count). The average Bonchev–Trinajstić information content (AvgIpc) is 3.03. The number of rotatable bonds is 6. The Kier molecular flexibility index (Phi) is 5.04. The van der Waals surface area contributed by atoms with Crippen LogP contribution in [0.4, 0.5) is 5.13 Å². The molecule has 0 saturated carbocycles. The number of amides is 1. The van der Waals surface area contributed by atoms with Gasteiger partial charge in [0.1, 0.15) is 0 Å². The third kappa shape index (κ3) is 4.07. The van der Waals surface area contributed by atoms with E-state index in [1.54, 1.807) is 0 Å². The van der Waals surface area contributed by atoms with Crippen molar-refractivity contribution in [3.05, 3.63) is 5.01 Å². The zero-order chi connectivity index (χ0) is 13.7. The van der Waals surface area contributed by atoms with Crippen LogP contribution in [0.1, 0.15) is 42.9 Å². The maximum Gasteiger partial charge on any atom is 0.282 e. The summed E-state index contributed by atoms with van der Waals surface area (Å²) in [6, 6.07) is 0. The van der Waals surface area contributed by atoms with Gasteiger partial charge in [-0.15, -0.1) is 10.2 Å². The molecule has 1 atom stereocenters. The fourth-order valence-corrected chi connectivity index (χ4v) is 3.87. The van der Waals surface area contributed by atoms with Crippen LogP contribution in [0.15, 0.2) is 0 Å². The standard InChI is InChI=1S/C12H20N4OS2/c1-3-6-13-11-16-15-10(19-11)9(17)14-8-12(2)5-4-7-18-12/h3-8H2,1-2H3,(H,13,16)(H,14,17). The average molecular weight is 300 g/mol. The largest absolute Gasteiger partial charge is 0.360 e. The van der Waals surface area contributed by atoms with Crippen LogP contribution in [0.2, 0.25) is 0 Å². The first-order chi connectivity index (χ1) is 9.13. The molecular formula is C12H20N4OS2. The second-order valence-corrected chi connectivity index (χ2v) is 7.58. The number of carbonyl (C=O) groups excluding carboxylic acids is 1. The molecule has 1 saturated heterocycles. The van der Waals surface area contributed by atoms with Crippen LogP contribution in [0.5, 0.6) is 0 Å². The number of aromatic nitrogens is 2. The van der Waals surface area contributed by atoms with E-state index in [1.807, 2.05) is 11.8 Å². The first kappa shape index (κ1) is 14.6. The number of nitrogens with zero attached hydrogens (tertiary/aromatic N) is 2.